The lowest BCUT2D eigenvalue weighted by molar-refractivity contribution is -0.120. The van der Waals surface area contributed by atoms with Crippen LogP contribution >= 0.6 is 12.2 Å². The number of amides is 1. The van der Waals surface area contributed by atoms with Gasteiger partial charge >= 0.3 is 0 Å². The number of rotatable bonds is 2. The summed E-state index contributed by atoms with van der Waals surface area (Å²) in [4.78, 5) is 13.4. The van der Waals surface area contributed by atoms with Gasteiger partial charge in [0.25, 0.3) is 0 Å². The maximum Gasteiger partial charge on any atom is 0.239 e. The molecule has 1 aromatic carbocycles. The summed E-state index contributed by atoms with van der Waals surface area (Å²) in [5.41, 5.74) is 7.24. The van der Waals surface area contributed by atoms with E-state index in [9.17, 15) is 4.79 Å². The number of carbonyl (C=O) groups excluding carboxylic acids is 1. The van der Waals surface area contributed by atoms with Crippen molar-refractivity contribution in [3.63, 3.8) is 0 Å². The van der Waals surface area contributed by atoms with E-state index < -0.39 is 0 Å². The number of nitrogens with zero attached hydrogens (tertiary/aromatic N) is 1. The van der Waals surface area contributed by atoms with Crippen LogP contribution in [0.15, 0.2) is 24.3 Å². The second-order valence-corrected chi connectivity index (χ2v) is 4.22. The van der Waals surface area contributed by atoms with Crippen LogP contribution in [0.4, 0.5) is 11.4 Å². The number of para-hydroxylation sites is 2. The first-order valence-corrected chi connectivity index (χ1v) is 5.75. The molecule has 6 heteroatoms. The topological polar surface area (TPSA) is 70.4 Å². The Morgan fingerprint density at radius 3 is 2.94 bits per heavy atom. The van der Waals surface area contributed by atoms with E-state index in [1.807, 2.05) is 29.2 Å². The van der Waals surface area contributed by atoms with Gasteiger partial charge in [-0.2, -0.15) is 0 Å². The lowest BCUT2D eigenvalue weighted by atomic mass is 10.2. The van der Waals surface area contributed by atoms with Gasteiger partial charge in [-0.3, -0.25) is 4.79 Å². The van der Waals surface area contributed by atoms with Gasteiger partial charge in [-0.1, -0.05) is 12.1 Å². The molecule has 90 valence electrons. The fourth-order valence-corrected chi connectivity index (χ4v) is 1.94. The number of piperazine rings is 1. The predicted octanol–water partition coefficient (Wildman–Crippen LogP) is 0.278. The zero-order valence-electron chi connectivity index (χ0n) is 9.27. The summed E-state index contributed by atoms with van der Waals surface area (Å²) in [6.07, 6.45) is 0. The molecule has 0 aromatic heterocycles. The molecule has 0 bridgehead atoms. The fraction of sp³-hybridized carbons (Fsp3) is 0.273. The van der Waals surface area contributed by atoms with Crippen molar-refractivity contribution in [2.24, 2.45) is 5.73 Å². The highest BCUT2D eigenvalue weighted by atomic mass is 32.1. The molecule has 2 rings (SSSR count). The van der Waals surface area contributed by atoms with Gasteiger partial charge in [-0.25, -0.2) is 0 Å². The second-order valence-electron chi connectivity index (χ2n) is 3.78. The van der Waals surface area contributed by atoms with Crippen molar-refractivity contribution in [3.05, 3.63) is 24.3 Å². The van der Waals surface area contributed by atoms with E-state index in [1.54, 1.807) is 0 Å². The number of hydrogen-bond acceptors (Lipinski definition) is 3. The summed E-state index contributed by atoms with van der Waals surface area (Å²) in [6, 6.07) is 7.65. The smallest absolute Gasteiger partial charge is 0.239 e. The minimum atomic E-state index is 0.0291. The Kier molecular flexibility index (Phi) is 3.43. The highest BCUT2D eigenvalue weighted by molar-refractivity contribution is 7.80. The highest BCUT2D eigenvalue weighted by Gasteiger charge is 2.18. The predicted molar refractivity (Wildman–Crippen MR) is 72.1 cm³/mol. The van der Waals surface area contributed by atoms with Gasteiger partial charge in [0.2, 0.25) is 5.91 Å². The van der Waals surface area contributed by atoms with Crippen LogP contribution in [0.3, 0.4) is 0 Å². The van der Waals surface area contributed by atoms with E-state index in [1.165, 1.54) is 0 Å². The van der Waals surface area contributed by atoms with Crippen LogP contribution in [0.1, 0.15) is 0 Å². The standard InChI is InChI=1S/C11H14N4OS/c12-11(17)14-8-3-1-2-4-9(8)15-6-5-13-10(16)7-15/h1-4H,5-7H2,(H,13,16)(H3,12,14,17). The third-order valence-electron chi connectivity index (χ3n) is 2.54. The molecule has 0 saturated carbocycles. The van der Waals surface area contributed by atoms with Crippen LogP contribution in [0.25, 0.3) is 0 Å². The SMILES string of the molecule is NC(=S)Nc1ccccc1N1CCNC(=O)C1. The van der Waals surface area contributed by atoms with Gasteiger partial charge in [-0.05, 0) is 24.4 Å². The summed E-state index contributed by atoms with van der Waals surface area (Å²) in [5, 5.41) is 5.93. The van der Waals surface area contributed by atoms with Crippen molar-refractivity contribution in [2.45, 2.75) is 0 Å². The molecule has 0 atom stereocenters. The second kappa shape index (κ2) is 5.01. The van der Waals surface area contributed by atoms with Crippen LogP contribution in [0, 0.1) is 0 Å². The van der Waals surface area contributed by atoms with E-state index in [-0.39, 0.29) is 11.0 Å². The number of carbonyl (C=O) groups is 1. The fourth-order valence-electron chi connectivity index (χ4n) is 1.83. The van der Waals surface area contributed by atoms with E-state index in [0.717, 1.165) is 17.9 Å². The molecule has 0 aliphatic carbocycles. The van der Waals surface area contributed by atoms with Gasteiger partial charge < -0.3 is 21.3 Å². The number of nitrogens with two attached hydrogens (primary N) is 1. The summed E-state index contributed by atoms with van der Waals surface area (Å²) < 4.78 is 0. The first kappa shape index (κ1) is 11.7. The Balaban J connectivity index is 2.24. The molecular weight excluding hydrogens is 236 g/mol. The van der Waals surface area contributed by atoms with Crippen molar-refractivity contribution < 1.29 is 4.79 Å². The third-order valence-corrected chi connectivity index (χ3v) is 2.64. The molecular formula is C11H14N4OS. The maximum absolute atomic E-state index is 11.4. The molecule has 17 heavy (non-hydrogen) atoms. The number of hydrogen-bond donors (Lipinski definition) is 3. The van der Waals surface area contributed by atoms with Crippen LogP contribution in [-0.2, 0) is 4.79 Å². The van der Waals surface area contributed by atoms with Crippen molar-refractivity contribution in [1.82, 2.24) is 5.32 Å². The largest absolute Gasteiger partial charge is 0.376 e. The lowest BCUT2D eigenvalue weighted by Gasteiger charge is -2.30. The Labute approximate surface area is 105 Å². The van der Waals surface area contributed by atoms with Gasteiger partial charge in [0, 0.05) is 13.1 Å². The molecule has 0 spiro atoms. The van der Waals surface area contributed by atoms with Gasteiger partial charge in [0.05, 0.1) is 17.9 Å². The molecule has 1 aliphatic heterocycles. The van der Waals surface area contributed by atoms with Crippen LogP contribution in [0.2, 0.25) is 0 Å². The van der Waals surface area contributed by atoms with Gasteiger partial charge in [0.15, 0.2) is 5.11 Å². The molecule has 0 unspecified atom stereocenters. The Hall–Kier alpha value is -1.82. The number of anilines is 2. The van der Waals surface area contributed by atoms with E-state index >= 15 is 0 Å². The lowest BCUT2D eigenvalue weighted by Crippen LogP contribution is -2.48. The van der Waals surface area contributed by atoms with Crippen LogP contribution < -0.4 is 21.3 Å². The Morgan fingerprint density at radius 2 is 2.24 bits per heavy atom. The zero-order chi connectivity index (χ0) is 12.3. The first-order valence-electron chi connectivity index (χ1n) is 5.34. The highest BCUT2D eigenvalue weighted by Crippen LogP contribution is 2.25. The molecule has 1 saturated heterocycles. The van der Waals surface area contributed by atoms with E-state index in [4.69, 9.17) is 18.0 Å². The number of benzene rings is 1. The molecule has 5 nitrogen and oxygen atoms in total. The Morgan fingerprint density at radius 1 is 1.47 bits per heavy atom. The monoisotopic (exact) mass is 250 g/mol. The van der Waals surface area contributed by atoms with Crippen molar-refractivity contribution >= 4 is 34.6 Å². The van der Waals surface area contributed by atoms with E-state index in [0.29, 0.717) is 13.1 Å². The van der Waals surface area contributed by atoms with Crippen molar-refractivity contribution in [1.29, 1.82) is 0 Å². The van der Waals surface area contributed by atoms with Crippen molar-refractivity contribution in [2.75, 3.05) is 29.9 Å². The summed E-state index contributed by atoms with van der Waals surface area (Å²) in [7, 11) is 0. The molecule has 1 heterocycles. The minimum absolute atomic E-state index is 0.0291. The zero-order valence-corrected chi connectivity index (χ0v) is 10.1. The van der Waals surface area contributed by atoms with Gasteiger partial charge in [-0.15, -0.1) is 0 Å². The maximum atomic E-state index is 11.4. The summed E-state index contributed by atoms with van der Waals surface area (Å²) in [6.45, 7) is 1.79. The molecule has 1 aliphatic rings. The first-order chi connectivity index (χ1) is 8.16. The molecule has 1 aromatic rings. The molecule has 1 amide bonds. The number of nitrogens with one attached hydrogen (secondary N) is 2. The van der Waals surface area contributed by atoms with Gasteiger partial charge in [0.1, 0.15) is 0 Å². The van der Waals surface area contributed by atoms with Crippen LogP contribution in [0.5, 0.6) is 0 Å². The van der Waals surface area contributed by atoms with Crippen molar-refractivity contribution in [3.8, 4) is 0 Å². The average molecular weight is 250 g/mol. The summed E-state index contributed by atoms with van der Waals surface area (Å²) in [5.74, 6) is 0.0291. The van der Waals surface area contributed by atoms with E-state index in [2.05, 4.69) is 10.6 Å². The summed E-state index contributed by atoms with van der Waals surface area (Å²) >= 11 is 4.83. The third kappa shape index (κ3) is 2.85. The van der Waals surface area contributed by atoms with Crippen LogP contribution in [-0.4, -0.2) is 30.7 Å². The molecule has 0 radical (unpaired) electrons. The molecule has 1 fully saturated rings. The number of thiocarbonyl (C=S) groups is 1. The Bertz CT molecular complexity index is 449. The molecule has 4 N–H and O–H groups in total. The quantitative estimate of drug-likeness (QED) is 0.658. The normalized spacial score (nSPS) is 15.3. The average Bonchev–Trinajstić information content (AvgIpc) is 2.29. The minimum Gasteiger partial charge on any atom is -0.376 e.